The number of benzene rings is 2. The van der Waals surface area contributed by atoms with Crippen LogP contribution in [0.15, 0.2) is 53.4 Å². The van der Waals surface area contributed by atoms with Gasteiger partial charge in [-0.2, -0.15) is 0 Å². The van der Waals surface area contributed by atoms with Gasteiger partial charge in [0.1, 0.15) is 10.6 Å². The van der Waals surface area contributed by atoms with Gasteiger partial charge in [0.15, 0.2) is 0 Å². The fraction of sp³-hybridized carbons (Fsp3) is 0.400. The fourth-order valence-electron chi connectivity index (χ4n) is 2.78. The van der Waals surface area contributed by atoms with Gasteiger partial charge >= 0.3 is 0 Å². The molecule has 0 aliphatic rings. The van der Waals surface area contributed by atoms with Crippen LogP contribution in [-0.2, 0) is 16.4 Å². The lowest BCUT2D eigenvalue weighted by Crippen LogP contribution is -2.31. The van der Waals surface area contributed by atoms with Crippen molar-refractivity contribution in [1.82, 2.24) is 10.0 Å². The number of halogens is 1. The van der Waals surface area contributed by atoms with Gasteiger partial charge in [0.25, 0.3) is 0 Å². The molecule has 0 saturated carbocycles. The Balaban J connectivity index is 0.00000392. The van der Waals surface area contributed by atoms with E-state index >= 15 is 0 Å². The Labute approximate surface area is 173 Å². The highest BCUT2D eigenvalue weighted by molar-refractivity contribution is 7.89. The van der Waals surface area contributed by atoms with Crippen LogP contribution >= 0.6 is 12.4 Å². The predicted molar refractivity (Wildman–Crippen MR) is 114 cm³/mol. The van der Waals surface area contributed by atoms with Crippen LogP contribution < -0.4 is 14.8 Å². The molecule has 0 radical (unpaired) electrons. The number of ether oxygens (including phenoxy) is 1. The highest BCUT2D eigenvalue weighted by Gasteiger charge is 2.20. The first kappa shape index (κ1) is 24.4. The number of nitrogens with one attached hydrogen (secondary N) is 2. The summed E-state index contributed by atoms with van der Waals surface area (Å²) in [6.07, 6.45) is 1.08. The molecule has 3 N–H and O–H groups in total. The second kappa shape index (κ2) is 11.4. The largest absolute Gasteiger partial charge is 0.495 e. The summed E-state index contributed by atoms with van der Waals surface area (Å²) >= 11 is 0. The van der Waals surface area contributed by atoms with Gasteiger partial charge < -0.3 is 15.2 Å². The van der Waals surface area contributed by atoms with Crippen LogP contribution in [0.4, 0.5) is 0 Å². The molecule has 0 fully saturated rings. The van der Waals surface area contributed by atoms with E-state index in [-0.39, 0.29) is 29.1 Å². The van der Waals surface area contributed by atoms with Crippen LogP contribution in [0.5, 0.6) is 5.75 Å². The van der Waals surface area contributed by atoms with E-state index in [0.29, 0.717) is 12.1 Å². The first-order chi connectivity index (χ1) is 12.9. The molecule has 0 aliphatic heterocycles. The summed E-state index contributed by atoms with van der Waals surface area (Å²) in [6.45, 7) is 2.40. The molecule has 156 valence electrons. The van der Waals surface area contributed by atoms with Crippen molar-refractivity contribution in [3.8, 4) is 5.75 Å². The molecule has 2 aromatic carbocycles. The van der Waals surface area contributed by atoms with Crippen LogP contribution in [0.1, 0.15) is 30.6 Å². The first-order valence-corrected chi connectivity index (χ1v) is 10.4. The van der Waals surface area contributed by atoms with Crippen molar-refractivity contribution >= 4 is 22.4 Å². The summed E-state index contributed by atoms with van der Waals surface area (Å²) < 4.78 is 31.7. The van der Waals surface area contributed by atoms with Gasteiger partial charge in [0, 0.05) is 12.6 Å². The van der Waals surface area contributed by atoms with Gasteiger partial charge in [-0.1, -0.05) is 36.4 Å². The Bertz CT molecular complexity index is 831. The highest BCUT2D eigenvalue weighted by Crippen LogP contribution is 2.27. The zero-order valence-corrected chi connectivity index (χ0v) is 18.0. The van der Waals surface area contributed by atoms with Crippen LogP contribution in [0.2, 0.25) is 0 Å². The third-order valence-corrected chi connectivity index (χ3v) is 5.93. The van der Waals surface area contributed by atoms with E-state index in [2.05, 4.69) is 29.1 Å². The fourth-order valence-corrected chi connectivity index (χ4v) is 3.71. The minimum absolute atomic E-state index is 0. The van der Waals surface area contributed by atoms with Crippen molar-refractivity contribution in [1.29, 1.82) is 0 Å². The third kappa shape index (κ3) is 6.76. The second-order valence-corrected chi connectivity index (χ2v) is 8.32. The molecule has 2 rings (SSSR count). The summed E-state index contributed by atoms with van der Waals surface area (Å²) in [6, 6.07) is 15.2. The van der Waals surface area contributed by atoms with Gasteiger partial charge in [-0.05, 0) is 50.1 Å². The zero-order valence-electron chi connectivity index (χ0n) is 16.4. The third-order valence-electron chi connectivity index (χ3n) is 4.50. The molecule has 0 aliphatic carbocycles. The Kier molecular flexibility index (Phi) is 9.92. The zero-order chi connectivity index (χ0) is 19.9. The van der Waals surface area contributed by atoms with Gasteiger partial charge in [0.2, 0.25) is 10.0 Å². The second-order valence-electron chi connectivity index (χ2n) is 6.47. The minimum atomic E-state index is -3.67. The molecule has 28 heavy (non-hydrogen) atoms. The minimum Gasteiger partial charge on any atom is -0.495 e. The number of aryl methyl sites for hydroxylation is 1. The Morgan fingerprint density at radius 2 is 1.82 bits per heavy atom. The molecular formula is C20H29ClN2O4S. The molecule has 0 amide bonds. The molecule has 0 saturated heterocycles. The summed E-state index contributed by atoms with van der Waals surface area (Å²) in [5.74, 6) is 0.240. The molecule has 8 heteroatoms. The lowest BCUT2D eigenvalue weighted by Gasteiger charge is -2.19. The molecule has 2 unspecified atom stereocenters. The average Bonchev–Trinajstić information content (AvgIpc) is 2.70. The van der Waals surface area contributed by atoms with E-state index < -0.39 is 16.1 Å². The molecule has 6 nitrogen and oxygen atoms in total. The number of aliphatic hydroxyl groups is 1. The molecule has 0 spiro atoms. The van der Waals surface area contributed by atoms with Crippen LogP contribution in [0, 0.1) is 0 Å². The molecule has 2 aromatic rings. The smallest absolute Gasteiger partial charge is 0.244 e. The lowest BCUT2D eigenvalue weighted by molar-refractivity contribution is 0.169. The maximum absolute atomic E-state index is 12.2. The van der Waals surface area contributed by atoms with Crippen LogP contribution in [0.3, 0.4) is 0 Å². The topological polar surface area (TPSA) is 87.7 Å². The quantitative estimate of drug-likeness (QED) is 0.541. The number of methoxy groups -OCH3 is 1. The van der Waals surface area contributed by atoms with Gasteiger partial charge in [0.05, 0.1) is 13.2 Å². The number of sulfonamides is 1. The Morgan fingerprint density at radius 3 is 2.43 bits per heavy atom. The van der Waals surface area contributed by atoms with Crippen molar-refractivity contribution in [3.63, 3.8) is 0 Å². The number of hydrogen-bond donors (Lipinski definition) is 3. The predicted octanol–water partition coefficient (Wildman–Crippen LogP) is 2.67. The number of hydrogen-bond acceptors (Lipinski definition) is 5. The van der Waals surface area contributed by atoms with Crippen molar-refractivity contribution < 1.29 is 18.3 Å². The van der Waals surface area contributed by atoms with E-state index in [4.69, 9.17) is 4.74 Å². The normalized spacial score (nSPS) is 13.4. The number of aliphatic hydroxyl groups excluding tert-OH is 1. The summed E-state index contributed by atoms with van der Waals surface area (Å²) in [5, 5.41) is 13.8. The molecule has 0 bridgehead atoms. The van der Waals surface area contributed by atoms with E-state index in [9.17, 15) is 13.5 Å². The maximum Gasteiger partial charge on any atom is 0.244 e. The summed E-state index contributed by atoms with van der Waals surface area (Å²) in [7, 11) is -0.920. The van der Waals surface area contributed by atoms with Crippen molar-refractivity contribution in [2.75, 3.05) is 20.7 Å². The Morgan fingerprint density at radius 1 is 1.14 bits per heavy atom. The standard InChI is InChI=1S/C20H28N2O4S.ClH/c1-15(9-10-16-7-5-4-6-8-16)22-14-18(23)17-11-12-19(26-3)20(13-17)27(24,25)21-2;/h4-8,11-13,15,18,21-23H,9-10,14H2,1-3H3;1H. The average molecular weight is 429 g/mol. The van der Waals surface area contributed by atoms with Gasteiger partial charge in [-0.25, -0.2) is 13.1 Å². The van der Waals surface area contributed by atoms with E-state index in [0.717, 1.165) is 12.8 Å². The lowest BCUT2D eigenvalue weighted by atomic mass is 10.1. The maximum atomic E-state index is 12.2. The molecule has 2 atom stereocenters. The molecule has 0 heterocycles. The van der Waals surface area contributed by atoms with E-state index in [1.165, 1.54) is 25.8 Å². The monoisotopic (exact) mass is 428 g/mol. The van der Waals surface area contributed by atoms with E-state index in [1.54, 1.807) is 12.1 Å². The summed E-state index contributed by atoms with van der Waals surface area (Å²) in [4.78, 5) is 0.0150. The first-order valence-electron chi connectivity index (χ1n) is 8.94. The van der Waals surface area contributed by atoms with Crippen molar-refractivity contribution in [3.05, 3.63) is 59.7 Å². The SMILES string of the molecule is CNS(=O)(=O)c1cc(C(O)CNC(C)CCc2ccccc2)ccc1OC.Cl. The number of rotatable bonds is 10. The van der Waals surface area contributed by atoms with Crippen molar-refractivity contribution in [2.45, 2.75) is 36.8 Å². The molecule has 0 aromatic heterocycles. The van der Waals surface area contributed by atoms with E-state index in [1.807, 2.05) is 18.2 Å². The summed E-state index contributed by atoms with van der Waals surface area (Å²) in [5.41, 5.74) is 1.80. The van der Waals surface area contributed by atoms with Crippen LogP contribution in [-0.4, -0.2) is 40.3 Å². The van der Waals surface area contributed by atoms with Gasteiger partial charge in [-0.15, -0.1) is 12.4 Å². The molecular weight excluding hydrogens is 400 g/mol. The highest BCUT2D eigenvalue weighted by atomic mass is 35.5. The van der Waals surface area contributed by atoms with Crippen molar-refractivity contribution in [2.24, 2.45) is 0 Å². The Hall–Kier alpha value is -1.64. The van der Waals surface area contributed by atoms with Gasteiger partial charge in [-0.3, -0.25) is 0 Å². The van der Waals surface area contributed by atoms with Crippen LogP contribution in [0.25, 0.3) is 0 Å².